The largest absolute Gasteiger partial charge is 0.481 e. The number of para-hydroxylation sites is 1. The van der Waals surface area contributed by atoms with E-state index in [-0.39, 0.29) is 11.8 Å². The molecule has 4 nitrogen and oxygen atoms in total. The van der Waals surface area contributed by atoms with Crippen LogP contribution in [-0.2, 0) is 18.3 Å². The normalized spacial score (nSPS) is 14.6. The average Bonchev–Trinajstić information content (AvgIpc) is 2.66. The number of benzene rings is 1. The number of hydrogen-bond acceptors (Lipinski definition) is 2. The molecule has 2 atom stereocenters. The summed E-state index contributed by atoms with van der Waals surface area (Å²) in [4.78, 5) is 11.0. The second-order valence-electron chi connectivity index (χ2n) is 4.90. The number of nitrogens with zero attached hydrogens (tertiary/aromatic N) is 2. The Morgan fingerprint density at radius 3 is 2.72 bits per heavy atom. The number of rotatable bonds is 4. The summed E-state index contributed by atoms with van der Waals surface area (Å²) in [5.74, 6) is -1.03. The monoisotopic (exact) mass is 246 g/mol. The van der Waals surface area contributed by atoms with Crippen molar-refractivity contribution in [3.8, 4) is 0 Å². The molecule has 0 radical (unpaired) electrons. The zero-order valence-corrected chi connectivity index (χ0v) is 10.9. The lowest BCUT2D eigenvalue weighted by molar-refractivity contribution is -0.142. The van der Waals surface area contributed by atoms with Crippen LogP contribution in [0.15, 0.2) is 24.3 Å². The Morgan fingerprint density at radius 2 is 2.06 bits per heavy atom. The third kappa shape index (κ3) is 2.23. The van der Waals surface area contributed by atoms with Gasteiger partial charge in [-0.1, -0.05) is 32.0 Å². The van der Waals surface area contributed by atoms with E-state index in [1.54, 1.807) is 6.92 Å². The van der Waals surface area contributed by atoms with Crippen molar-refractivity contribution >= 4 is 16.9 Å². The van der Waals surface area contributed by atoms with Gasteiger partial charge in [-0.15, -0.1) is 0 Å². The van der Waals surface area contributed by atoms with Crippen LogP contribution in [0.5, 0.6) is 0 Å². The summed E-state index contributed by atoms with van der Waals surface area (Å²) in [7, 11) is 1.91. The van der Waals surface area contributed by atoms with Crippen molar-refractivity contribution in [2.24, 2.45) is 18.9 Å². The topological polar surface area (TPSA) is 55.1 Å². The van der Waals surface area contributed by atoms with E-state index in [2.05, 4.69) is 5.10 Å². The summed E-state index contributed by atoms with van der Waals surface area (Å²) in [6.07, 6.45) is 0.689. The molecule has 0 fully saturated rings. The van der Waals surface area contributed by atoms with Crippen molar-refractivity contribution in [2.45, 2.75) is 20.3 Å². The minimum atomic E-state index is -0.747. The second-order valence-corrected chi connectivity index (χ2v) is 4.90. The van der Waals surface area contributed by atoms with Gasteiger partial charge in [0.2, 0.25) is 0 Å². The van der Waals surface area contributed by atoms with Crippen molar-refractivity contribution < 1.29 is 9.90 Å². The van der Waals surface area contributed by atoms with E-state index in [0.717, 1.165) is 16.6 Å². The van der Waals surface area contributed by atoms with E-state index in [4.69, 9.17) is 5.11 Å². The molecule has 0 saturated carbocycles. The summed E-state index contributed by atoms with van der Waals surface area (Å²) < 4.78 is 1.85. The summed E-state index contributed by atoms with van der Waals surface area (Å²) >= 11 is 0. The van der Waals surface area contributed by atoms with Crippen molar-refractivity contribution in [1.82, 2.24) is 9.78 Å². The zero-order chi connectivity index (χ0) is 13.3. The molecule has 1 N–H and O–H groups in total. The Kier molecular flexibility index (Phi) is 3.36. The molecular weight excluding hydrogens is 228 g/mol. The number of aryl methyl sites for hydroxylation is 1. The standard InChI is InChI=1S/C14H18N2O2/c1-9(10(2)14(17)18)8-12-11-6-4-5-7-13(11)16(3)15-12/h4-7,9-10H,8H2,1-3H3,(H,17,18). The summed E-state index contributed by atoms with van der Waals surface area (Å²) in [6, 6.07) is 8.03. The van der Waals surface area contributed by atoms with Gasteiger partial charge in [-0.2, -0.15) is 5.10 Å². The lowest BCUT2D eigenvalue weighted by atomic mass is 9.91. The van der Waals surface area contributed by atoms with Gasteiger partial charge in [-0.05, 0) is 18.4 Å². The Bertz CT molecular complexity index is 574. The first-order valence-corrected chi connectivity index (χ1v) is 6.14. The molecule has 1 heterocycles. The summed E-state index contributed by atoms with van der Waals surface area (Å²) in [6.45, 7) is 3.71. The molecule has 0 spiro atoms. The van der Waals surface area contributed by atoms with E-state index in [0.29, 0.717) is 6.42 Å². The predicted octanol–water partition coefficient (Wildman–Crippen LogP) is 2.47. The van der Waals surface area contributed by atoms with E-state index >= 15 is 0 Å². The molecule has 0 aliphatic carbocycles. The highest BCUT2D eigenvalue weighted by molar-refractivity contribution is 5.82. The van der Waals surface area contributed by atoms with E-state index in [1.807, 2.05) is 42.9 Å². The number of aromatic nitrogens is 2. The molecule has 2 aromatic rings. The highest BCUT2D eigenvalue weighted by Gasteiger charge is 2.21. The average molecular weight is 246 g/mol. The molecule has 0 bridgehead atoms. The molecule has 1 aromatic heterocycles. The van der Waals surface area contributed by atoms with Gasteiger partial charge in [-0.25, -0.2) is 0 Å². The van der Waals surface area contributed by atoms with Crippen LogP contribution in [0.3, 0.4) is 0 Å². The Balaban J connectivity index is 2.30. The number of carbonyl (C=O) groups is 1. The molecule has 4 heteroatoms. The van der Waals surface area contributed by atoms with Crippen molar-refractivity contribution in [1.29, 1.82) is 0 Å². The van der Waals surface area contributed by atoms with Crippen LogP contribution >= 0.6 is 0 Å². The number of hydrogen-bond donors (Lipinski definition) is 1. The smallest absolute Gasteiger partial charge is 0.306 e. The minimum absolute atomic E-state index is 0.0702. The molecular formula is C14H18N2O2. The van der Waals surface area contributed by atoms with Crippen LogP contribution in [0.25, 0.3) is 10.9 Å². The van der Waals surface area contributed by atoms with E-state index in [9.17, 15) is 4.79 Å². The first-order chi connectivity index (χ1) is 8.50. The van der Waals surface area contributed by atoms with E-state index < -0.39 is 5.97 Å². The van der Waals surface area contributed by atoms with Crippen LogP contribution in [0.1, 0.15) is 19.5 Å². The number of carboxylic acids is 1. The van der Waals surface area contributed by atoms with Crippen LogP contribution in [0.2, 0.25) is 0 Å². The fourth-order valence-corrected chi connectivity index (χ4v) is 2.16. The molecule has 2 unspecified atom stereocenters. The number of carboxylic acid groups (broad SMARTS) is 1. The molecule has 0 aliphatic heterocycles. The van der Waals surface area contributed by atoms with Gasteiger partial charge in [-0.3, -0.25) is 9.48 Å². The third-order valence-electron chi connectivity index (χ3n) is 3.59. The van der Waals surface area contributed by atoms with Gasteiger partial charge >= 0.3 is 5.97 Å². The van der Waals surface area contributed by atoms with Gasteiger partial charge in [0.25, 0.3) is 0 Å². The van der Waals surface area contributed by atoms with E-state index in [1.165, 1.54) is 0 Å². The Morgan fingerprint density at radius 1 is 1.39 bits per heavy atom. The van der Waals surface area contributed by atoms with Crippen LogP contribution in [0, 0.1) is 11.8 Å². The highest BCUT2D eigenvalue weighted by atomic mass is 16.4. The first-order valence-electron chi connectivity index (χ1n) is 6.14. The first kappa shape index (κ1) is 12.6. The van der Waals surface area contributed by atoms with Crippen LogP contribution in [0.4, 0.5) is 0 Å². The number of aliphatic carboxylic acids is 1. The lowest BCUT2D eigenvalue weighted by Gasteiger charge is -2.14. The fourth-order valence-electron chi connectivity index (χ4n) is 2.16. The molecule has 18 heavy (non-hydrogen) atoms. The second kappa shape index (κ2) is 4.80. The summed E-state index contributed by atoms with van der Waals surface area (Å²) in [5.41, 5.74) is 2.07. The van der Waals surface area contributed by atoms with Gasteiger partial charge < -0.3 is 5.11 Å². The van der Waals surface area contributed by atoms with Crippen molar-refractivity contribution in [3.05, 3.63) is 30.0 Å². The Hall–Kier alpha value is -1.84. The highest BCUT2D eigenvalue weighted by Crippen LogP contribution is 2.23. The maximum atomic E-state index is 11.0. The number of fused-ring (bicyclic) bond motifs is 1. The zero-order valence-electron chi connectivity index (χ0n) is 10.9. The van der Waals surface area contributed by atoms with Gasteiger partial charge in [0, 0.05) is 12.4 Å². The van der Waals surface area contributed by atoms with Gasteiger partial charge in [0.05, 0.1) is 17.1 Å². The molecule has 96 valence electrons. The predicted molar refractivity (Wildman–Crippen MR) is 70.4 cm³/mol. The van der Waals surface area contributed by atoms with Crippen LogP contribution in [-0.4, -0.2) is 20.9 Å². The minimum Gasteiger partial charge on any atom is -0.481 e. The van der Waals surface area contributed by atoms with Gasteiger partial charge in [0.15, 0.2) is 0 Å². The SMILES string of the molecule is CC(Cc1nn(C)c2ccccc12)C(C)C(=O)O. The maximum absolute atomic E-state index is 11.0. The fraction of sp³-hybridized carbons (Fsp3) is 0.429. The summed E-state index contributed by atoms with van der Waals surface area (Å²) in [5, 5.41) is 14.6. The molecule has 0 aliphatic rings. The van der Waals surface area contributed by atoms with Crippen molar-refractivity contribution in [3.63, 3.8) is 0 Å². The van der Waals surface area contributed by atoms with Crippen molar-refractivity contribution in [2.75, 3.05) is 0 Å². The molecule has 0 saturated heterocycles. The molecule has 0 amide bonds. The van der Waals surface area contributed by atoms with Gasteiger partial charge in [0.1, 0.15) is 0 Å². The maximum Gasteiger partial charge on any atom is 0.306 e. The molecule has 1 aromatic carbocycles. The quantitative estimate of drug-likeness (QED) is 0.901. The molecule has 2 rings (SSSR count). The third-order valence-corrected chi connectivity index (χ3v) is 3.59. The Labute approximate surface area is 106 Å². The lowest BCUT2D eigenvalue weighted by Crippen LogP contribution is -2.20. The van der Waals surface area contributed by atoms with Crippen LogP contribution < -0.4 is 0 Å².